The average molecular weight is 169 g/mol. The lowest BCUT2D eigenvalue weighted by molar-refractivity contribution is -0.121. The summed E-state index contributed by atoms with van der Waals surface area (Å²) >= 11 is 0. The van der Waals surface area contributed by atoms with Crippen molar-refractivity contribution in [1.82, 2.24) is 5.32 Å². The second-order valence-corrected chi connectivity index (χ2v) is 2.34. The molecule has 0 aromatic carbocycles. The summed E-state index contributed by atoms with van der Waals surface area (Å²) in [4.78, 5) is 10.9. The number of amides is 1. The van der Waals surface area contributed by atoms with E-state index in [2.05, 4.69) is 11.2 Å². The molecule has 0 rings (SSSR count). The third-order valence-corrected chi connectivity index (χ3v) is 1.21. The normalized spacial score (nSPS) is 9.00. The van der Waals surface area contributed by atoms with Gasteiger partial charge in [-0.3, -0.25) is 4.79 Å². The van der Waals surface area contributed by atoms with Crippen LogP contribution in [-0.2, 0) is 9.53 Å². The van der Waals surface area contributed by atoms with Crippen molar-refractivity contribution in [3.05, 3.63) is 0 Å². The number of carbonyl (C=O) groups excluding carboxylic acids is 1. The third kappa shape index (κ3) is 7.10. The van der Waals surface area contributed by atoms with E-state index < -0.39 is 0 Å². The minimum atomic E-state index is -0.0518. The van der Waals surface area contributed by atoms with E-state index in [0.717, 1.165) is 6.42 Å². The first kappa shape index (κ1) is 11.0. The molecule has 12 heavy (non-hydrogen) atoms. The average Bonchev–Trinajstić information content (AvgIpc) is 2.09. The van der Waals surface area contributed by atoms with Crippen molar-refractivity contribution in [2.75, 3.05) is 19.8 Å². The molecule has 0 aromatic rings. The van der Waals surface area contributed by atoms with E-state index in [-0.39, 0.29) is 5.91 Å². The molecule has 0 aliphatic heterocycles. The summed E-state index contributed by atoms with van der Waals surface area (Å²) in [6.45, 7) is 3.51. The molecule has 0 aliphatic carbocycles. The van der Waals surface area contributed by atoms with Crippen molar-refractivity contribution in [3.63, 3.8) is 0 Å². The highest BCUT2D eigenvalue weighted by Crippen LogP contribution is 1.84. The van der Waals surface area contributed by atoms with Crippen LogP contribution in [-0.4, -0.2) is 25.7 Å². The first-order valence-corrected chi connectivity index (χ1v) is 4.09. The van der Waals surface area contributed by atoms with Crippen molar-refractivity contribution in [3.8, 4) is 12.3 Å². The Bertz CT molecular complexity index is 160. The van der Waals surface area contributed by atoms with Gasteiger partial charge in [-0.1, -0.05) is 12.8 Å². The second-order valence-electron chi connectivity index (χ2n) is 2.34. The first-order chi connectivity index (χ1) is 5.81. The van der Waals surface area contributed by atoms with Gasteiger partial charge in [0.15, 0.2) is 0 Å². The Kier molecular flexibility index (Phi) is 7.41. The number of rotatable bonds is 6. The standard InChI is InChI=1S/C9H15NO2/c1-3-6-10-9(11)5-8-12-7-4-2/h1H,4-8H2,2H3,(H,10,11). The highest BCUT2D eigenvalue weighted by molar-refractivity contribution is 5.76. The molecule has 1 N–H and O–H groups in total. The van der Waals surface area contributed by atoms with Gasteiger partial charge < -0.3 is 10.1 Å². The zero-order chi connectivity index (χ0) is 9.23. The smallest absolute Gasteiger partial charge is 0.223 e. The van der Waals surface area contributed by atoms with Crippen molar-refractivity contribution in [2.24, 2.45) is 0 Å². The van der Waals surface area contributed by atoms with E-state index in [0.29, 0.717) is 26.2 Å². The quantitative estimate of drug-likeness (QED) is 0.466. The van der Waals surface area contributed by atoms with Gasteiger partial charge in [0.25, 0.3) is 0 Å². The zero-order valence-electron chi connectivity index (χ0n) is 7.43. The summed E-state index contributed by atoms with van der Waals surface area (Å²) in [5, 5.41) is 2.55. The van der Waals surface area contributed by atoms with Crippen LogP contribution in [0.5, 0.6) is 0 Å². The van der Waals surface area contributed by atoms with Crippen LogP contribution in [0.2, 0.25) is 0 Å². The van der Waals surface area contributed by atoms with Gasteiger partial charge in [0.1, 0.15) is 0 Å². The van der Waals surface area contributed by atoms with Crippen LogP contribution in [0.1, 0.15) is 19.8 Å². The van der Waals surface area contributed by atoms with E-state index in [4.69, 9.17) is 11.2 Å². The molecule has 68 valence electrons. The molecule has 0 fully saturated rings. The largest absolute Gasteiger partial charge is 0.381 e. The Labute approximate surface area is 73.5 Å². The molecule has 0 aromatic heterocycles. The SMILES string of the molecule is C#CCNC(=O)CCOCCC. The molecule has 0 saturated carbocycles. The van der Waals surface area contributed by atoms with E-state index in [1.54, 1.807) is 0 Å². The fourth-order valence-corrected chi connectivity index (χ4v) is 0.649. The molecule has 0 saturated heterocycles. The second kappa shape index (κ2) is 8.09. The maximum absolute atomic E-state index is 10.9. The predicted molar refractivity (Wildman–Crippen MR) is 47.6 cm³/mol. The van der Waals surface area contributed by atoms with Gasteiger partial charge in [0.2, 0.25) is 5.91 Å². The Balaban J connectivity index is 3.15. The molecule has 3 heteroatoms. The Morgan fingerprint density at radius 1 is 1.58 bits per heavy atom. The highest BCUT2D eigenvalue weighted by atomic mass is 16.5. The monoisotopic (exact) mass is 169 g/mol. The lowest BCUT2D eigenvalue weighted by Crippen LogP contribution is -2.24. The van der Waals surface area contributed by atoms with Crippen LogP contribution < -0.4 is 5.32 Å². The van der Waals surface area contributed by atoms with Crippen LogP contribution in [0, 0.1) is 12.3 Å². The van der Waals surface area contributed by atoms with Crippen LogP contribution in [0.3, 0.4) is 0 Å². The summed E-state index contributed by atoms with van der Waals surface area (Å²) in [7, 11) is 0. The molecule has 0 unspecified atom stereocenters. The van der Waals surface area contributed by atoms with Crippen molar-refractivity contribution in [1.29, 1.82) is 0 Å². The predicted octanol–water partition coefficient (Wildman–Crippen LogP) is 0.552. The molecular formula is C9H15NO2. The lowest BCUT2D eigenvalue weighted by atomic mass is 10.4. The summed E-state index contributed by atoms with van der Waals surface area (Å²) in [6, 6.07) is 0. The molecule has 0 bridgehead atoms. The fraction of sp³-hybridized carbons (Fsp3) is 0.667. The molecule has 0 aliphatic rings. The summed E-state index contributed by atoms with van der Waals surface area (Å²) in [6.07, 6.45) is 6.33. The number of nitrogens with one attached hydrogen (secondary N) is 1. The number of carbonyl (C=O) groups is 1. The topological polar surface area (TPSA) is 38.3 Å². The maximum Gasteiger partial charge on any atom is 0.223 e. The molecule has 0 spiro atoms. The Morgan fingerprint density at radius 3 is 2.92 bits per heavy atom. The molecule has 3 nitrogen and oxygen atoms in total. The highest BCUT2D eigenvalue weighted by Gasteiger charge is 1.97. The van der Waals surface area contributed by atoms with Crippen LogP contribution in [0.15, 0.2) is 0 Å². The Hall–Kier alpha value is -1.01. The third-order valence-electron chi connectivity index (χ3n) is 1.21. The minimum absolute atomic E-state index is 0.0518. The van der Waals surface area contributed by atoms with Crippen molar-refractivity contribution in [2.45, 2.75) is 19.8 Å². The number of ether oxygens (including phenoxy) is 1. The van der Waals surface area contributed by atoms with Gasteiger partial charge in [0.05, 0.1) is 13.2 Å². The van der Waals surface area contributed by atoms with E-state index in [1.165, 1.54) is 0 Å². The first-order valence-electron chi connectivity index (χ1n) is 4.09. The number of terminal acetylenes is 1. The van der Waals surface area contributed by atoms with Gasteiger partial charge >= 0.3 is 0 Å². The minimum Gasteiger partial charge on any atom is -0.381 e. The van der Waals surface area contributed by atoms with Gasteiger partial charge in [-0.15, -0.1) is 6.42 Å². The lowest BCUT2D eigenvalue weighted by Gasteiger charge is -2.01. The van der Waals surface area contributed by atoms with Crippen LogP contribution >= 0.6 is 0 Å². The van der Waals surface area contributed by atoms with Gasteiger partial charge in [0, 0.05) is 13.0 Å². The molecule has 0 atom stereocenters. The Morgan fingerprint density at radius 2 is 2.33 bits per heavy atom. The van der Waals surface area contributed by atoms with E-state index in [9.17, 15) is 4.79 Å². The zero-order valence-corrected chi connectivity index (χ0v) is 7.43. The number of hydrogen-bond donors (Lipinski definition) is 1. The van der Waals surface area contributed by atoms with E-state index >= 15 is 0 Å². The maximum atomic E-state index is 10.9. The van der Waals surface area contributed by atoms with Crippen LogP contribution in [0.4, 0.5) is 0 Å². The van der Waals surface area contributed by atoms with Gasteiger partial charge in [-0.25, -0.2) is 0 Å². The molecule has 0 radical (unpaired) electrons. The number of hydrogen-bond acceptors (Lipinski definition) is 2. The van der Waals surface area contributed by atoms with E-state index in [1.807, 2.05) is 6.92 Å². The fourth-order valence-electron chi connectivity index (χ4n) is 0.649. The molecular weight excluding hydrogens is 154 g/mol. The van der Waals surface area contributed by atoms with Crippen LogP contribution in [0.25, 0.3) is 0 Å². The summed E-state index contributed by atoms with van der Waals surface area (Å²) in [5.74, 6) is 2.28. The van der Waals surface area contributed by atoms with Gasteiger partial charge in [-0.05, 0) is 6.42 Å². The molecule has 1 amide bonds. The van der Waals surface area contributed by atoms with Crippen molar-refractivity contribution < 1.29 is 9.53 Å². The summed E-state index contributed by atoms with van der Waals surface area (Å²) in [5.41, 5.74) is 0. The van der Waals surface area contributed by atoms with Crippen molar-refractivity contribution >= 4 is 5.91 Å². The molecule has 0 heterocycles. The summed E-state index contributed by atoms with van der Waals surface area (Å²) < 4.78 is 5.12. The van der Waals surface area contributed by atoms with Gasteiger partial charge in [-0.2, -0.15) is 0 Å².